The zero-order valence-electron chi connectivity index (χ0n) is 15.3. The van der Waals surface area contributed by atoms with Gasteiger partial charge in [-0.15, -0.1) is 0 Å². The molecule has 0 aromatic heterocycles. The number of nitrogens with zero attached hydrogens (tertiary/aromatic N) is 1. The van der Waals surface area contributed by atoms with Gasteiger partial charge in [0.05, 0.1) is 7.11 Å². The van der Waals surface area contributed by atoms with E-state index in [0.717, 1.165) is 22.4 Å². The highest BCUT2D eigenvalue weighted by Crippen LogP contribution is 2.40. The van der Waals surface area contributed by atoms with Gasteiger partial charge < -0.3 is 9.64 Å². The van der Waals surface area contributed by atoms with E-state index in [4.69, 9.17) is 4.74 Å². The Morgan fingerprint density at radius 2 is 1.69 bits per heavy atom. The minimum absolute atomic E-state index is 0.191. The number of carbonyl (C=O) groups is 2. The summed E-state index contributed by atoms with van der Waals surface area (Å²) in [6.45, 7) is 0. The van der Waals surface area contributed by atoms with Crippen LogP contribution >= 0.6 is 0 Å². The molecule has 26 heavy (non-hydrogen) atoms. The molecule has 134 valence electrons. The van der Waals surface area contributed by atoms with Crippen molar-refractivity contribution < 1.29 is 14.3 Å². The van der Waals surface area contributed by atoms with Gasteiger partial charge in [0, 0.05) is 25.7 Å². The van der Waals surface area contributed by atoms with Crippen LogP contribution < -0.4 is 4.90 Å². The Morgan fingerprint density at radius 3 is 2.27 bits per heavy atom. The number of rotatable bonds is 4. The van der Waals surface area contributed by atoms with E-state index in [2.05, 4.69) is 0 Å². The fraction of sp³-hybridized carbons (Fsp3) is 0.273. The fourth-order valence-electron chi connectivity index (χ4n) is 3.46. The van der Waals surface area contributed by atoms with E-state index < -0.39 is 11.9 Å². The number of benzene rings is 2. The first-order valence-corrected chi connectivity index (χ1v) is 8.66. The lowest BCUT2D eigenvalue weighted by molar-refractivity contribution is -0.149. The summed E-state index contributed by atoms with van der Waals surface area (Å²) in [5, 5.41) is 0. The molecule has 0 spiro atoms. The summed E-state index contributed by atoms with van der Waals surface area (Å²) in [5.74, 6) is -1.69. The van der Waals surface area contributed by atoms with E-state index in [9.17, 15) is 9.59 Å². The number of ether oxygens (including phenoxy) is 1. The standard InChI is InChI=1S/C22H23NO3/c1-23(2)18-11-9-16(10-12-18)19-13-17(15-7-5-4-6-8-15)14-20(24)21(19)22(25)26-3/h4-12,14,19,21H,13H2,1-3H3. The SMILES string of the molecule is COC(=O)C1C(=O)C=C(c2ccccc2)CC1c1ccc(N(C)C)cc1. The molecule has 3 rings (SSSR count). The van der Waals surface area contributed by atoms with Crippen LogP contribution in [0.4, 0.5) is 5.69 Å². The molecule has 2 aromatic carbocycles. The maximum absolute atomic E-state index is 12.8. The molecule has 4 heteroatoms. The molecule has 0 heterocycles. The number of carbonyl (C=O) groups excluding carboxylic acids is 2. The van der Waals surface area contributed by atoms with Crippen molar-refractivity contribution in [3.05, 3.63) is 71.8 Å². The largest absolute Gasteiger partial charge is 0.468 e. The van der Waals surface area contributed by atoms with E-state index in [-0.39, 0.29) is 11.7 Å². The van der Waals surface area contributed by atoms with Crippen LogP contribution in [-0.4, -0.2) is 33.0 Å². The lowest BCUT2D eigenvalue weighted by Gasteiger charge is -2.29. The summed E-state index contributed by atoms with van der Waals surface area (Å²) in [6, 6.07) is 17.8. The average molecular weight is 349 g/mol. The molecule has 0 bridgehead atoms. The van der Waals surface area contributed by atoms with E-state index in [1.165, 1.54) is 7.11 Å². The van der Waals surface area contributed by atoms with E-state index >= 15 is 0 Å². The molecule has 2 aromatic rings. The second-order valence-corrected chi connectivity index (χ2v) is 6.74. The molecule has 0 radical (unpaired) electrons. The predicted octanol–water partition coefficient (Wildman–Crippen LogP) is 3.68. The van der Waals surface area contributed by atoms with Crippen molar-refractivity contribution in [2.75, 3.05) is 26.1 Å². The maximum Gasteiger partial charge on any atom is 0.317 e. The van der Waals surface area contributed by atoms with Crippen molar-refractivity contribution in [1.82, 2.24) is 0 Å². The second kappa shape index (κ2) is 7.56. The van der Waals surface area contributed by atoms with Gasteiger partial charge in [-0.1, -0.05) is 42.5 Å². The molecule has 0 amide bonds. The van der Waals surface area contributed by atoms with Gasteiger partial charge >= 0.3 is 5.97 Å². The lowest BCUT2D eigenvalue weighted by Crippen LogP contribution is -2.33. The normalized spacial score (nSPS) is 19.7. The highest BCUT2D eigenvalue weighted by Gasteiger charge is 2.39. The number of hydrogen-bond acceptors (Lipinski definition) is 4. The van der Waals surface area contributed by atoms with Crippen molar-refractivity contribution in [2.24, 2.45) is 5.92 Å². The van der Waals surface area contributed by atoms with Crippen LogP contribution in [0.15, 0.2) is 60.7 Å². The topological polar surface area (TPSA) is 46.6 Å². The smallest absolute Gasteiger partial charge is 0.317 e. The Balaban J connectivity index is 2.00. The van der Waals surface area contributed by atoms with Crippen molar-refractivity contribution in [2.45, 2.75) is 12.3 Å². The van der Waals surface area contributed by atoms with Gasteiger partial charge in [-0.05, 0) is 41.3 Å². The van der Waals surface area contributed by atoms with Crippen LogP contribution in [0.1, 0.15) is 23.5 Å². The third-order valence-electron chi connectivity index (χ3n) is 4.90. The predicted molar refractivity (Wildman–Crippen MR) is 103 cm³/mol. The highest BCUT2D eigenvalue weighted by molar-refractivity contribution is 6.10. The van der Waals surface area contributed by atoms with Gasteiger partial charge in [0.15, 0.2) is 5.78 Å². The van der Waals surface area contributed by atoms with Gasteiger partial charge in [0.1, 0.15) is 5.92 Å². The zero-order valence-corrected chi connectivity index (χ0v) is 15.3. The van der Waals surface area contributed by atoms with Crippen LogP contribution in [0.25, 0.3) is 5.57 Å². The van der Waals surface area contributed by atoms with Crippen LogP contribution in [0.5, 0.6) is 0 Å². The molecule has 0 N–H and O–H groups in total. The number of ketones is 1. The number of esters is 1. The first-order valence-electron chi connectivity index (χ1n) is 8.66. The molecule has 2 atom stereocenters. The Hall–Kier alpha value is -2.88. The molecule has 4 nitrogen and oxygen atoms in total. The summed E-state index contributed by atoms with van der Waals surface area (Å²) >= 11 is 0. The van der Waals surface area contributed by atoms with Crippen LogP contribution in [0, 0.1) is 5.92 Å². The Morgan fingerprint density at radius 1 is 1.04 bits per heavy atom. The Kier molecular flexibility index (Phi) is 5.21. The summed E-state index contributed by atoms with van der Waals surface area (Å²) in [5.41, 5.74) is 4.02. The molecule has 0 saturated heterocycles. The van der Waals surface area contributed by atoms with E-state index in [1.54, 1.807) is 6.08 Å². The molecular formula is C22H23NO3. The van der Waals surface area contributed by atoms with Crippen molar-refractivity contribution >= 4 is 23.0 Å². The molecule has 2 unspecified atom stereocenters. The van der Waals surface area contributed by atoms with Gasteiger partial charge in [0.2, 0.25) is 0 Å². The van der Waals surface area contributed by atoms with E-state index in [0.29, 0.717) is 6.42 Å². The summed E-state index contributed by atoms with van der Waals surface area (Å²) in [6.07, 6.45) is 2.22. The lowest BCUT2D eigenvalue weighted by atomic mass is 9.73. The first-order chi connectivity index (χ1) is 12.5. The summed E-state index contributed by atoms with van der Waals surface area (Å²) in [4.78, 5) is 27.1. The first kappa shape index (κ1) is 17.9. The fourth-order valence-corrected chi connectivity index (χ4v) is 3.46. The minimum atomic E-state index is -0.794. The number of allylic oxidation sites excluding steroid dienone is 2. The van der Waals surface area contributed by atoms with Crippen LogP contribution in [-0.2, 0) is 14.3 Å². The summed E-state index contributed by atoms with van der Waals surface area (Å²) < 4.78 is 4.92. The van der Waals surface area contributed by atoms with Crippen LogP contribution in [0.2, 0.25) is 0 Å². The Labute approximate surface area is 154 Å². The van der Waals surface area contributed by atoms with Crippen molar-refractivity contribution in [3.63, 3.8) is 0 Å². The molecule has 1 aliphatic rings. The number of anilines is 1. The molecule has 1 aliphatic carbocycles. The van der Waals surface area contributed by atoms with Crippen molar-refractivity contribution in [1.29, 1.82) is 0 Å². The van der Waals surface area contributed by atoms with Crippen molar-refractivity contribution in [3.8, 4) is 0 Å². The molecule has 0 fully saturated rings. The third kappa shape index (κ3) is 3.54. The monoisotopic (exact) mass is 349 g/mol. The minimum Gasteiger partial charge on any atom is -0.468 e. The number of hydrogen-bond donors (Lipinski definition) is 0. The van der Waals surface area contributed by atoms with E-state index in [1.807, 2.05) is 73.6 Å². The third-order valence-corrected chi connectivity index (χ3v) is 4.90. The zero-order chi connectivity index (χ0) is 18.7. The Bertz CT molecular complexity index is 822. The van der Waals surface area contributed by atoms with Crippen LogP contribution in [0.3, 0.4) is 0 Å². The molecule has 0 saturated carbocycles. The quantitative estimate of drug-likeness (QED) is 0.624. The molecule has 0 aliphatic heterocycles. The van der Waals surface area contributed by atoms with Gasteiger partial charge in [-0.2, -0.15) is 0 Å². The van der Waals surface area contributed by atoms with Gasteiger partial charge in [-0.3, -0.25) is 9.59 Å². The highest BCUT2D eigenvalue weighted by atomic mass is 16.5. The summed E-state index contributed by atoms with van der Waals surface area (Å²) in [7, 11) is 5.29. The second-order valence-electron chi connectivity index (χ2n) is 6.74. The number of methoxy groups -OCH3 is 1. The van der Waals surface area contributed by atoms with Gasteiger partial charge in [0.25, 0.3) is 0 Å². The van der Waals surface area contributed by atoms with Gasteiger partial charge in [-0.25, -0.2) is 0 Å². The average Bonchev–Trinajstić information content (AvgIpc) is 2.67. The maximum atomic E-state index is 12.8. The molecular weight excluding hydrogens is 326 g/mol.